The second-order valence-corrected chi connectivity index (χ2v) is 4.92. The first-order chi connectivity index (χ1) is 11.5. The molecule has 0 radical (unpaired) electrons. The molecule has 4 nitrogen and oxygen atoms in total. The van der Waals surface area contributed by atoms with Crippen LogP contribution in [0.5, 0.6) is 5.75 Å². The van der Waals surface area contributed by atoms with Gasteiger partial charge in [-0.25, -0.2) is 9.97 Å². The van der Waals surface area contributed by atoms with Crippen LogP contribution in [0.3, 0.4) is 0 Å². The number of methoxy groups -OCH3 is 1. The summed E-state index contributed by atoms with van der Waals surface area (Å²) in [5.74, 6) is 0.820. The summed E-state index contributed by atoms with van der Waals surface area (Å²) in [5, 5.41) is 0. The van der Waals surface area contributed by atoms with E-state index in [1.807, 2.05) is 0 Å². The van der Waals surface area contributed by atoms with Crippen molar-refractivity contribution in [3.05, 3.63) is 60.6 Å². The number of halogens is 3. The highest BCUT2D eigenvalue weighted by Crippen LogP contribution is 2.33. The summed E-state index contributed by atoms with van der Waals surface area (Å²) in [5.41, 5.74) is 0.972. The van der Waals surface area contributed by atoms with Crippen molar-refractivity contribution in [1.29, 1.82) is 0 Å². The molecule has 0 unspecified atom stereocenters. The first-order valence-electron chi connectivity index (χ1n) is 6.98. The minimum atomic E-state index is -4.38. The van der Waals surface area contributed by atoms with E-state index in [0.29, 0.717) is 22.8 Å². The minimum Gasteiger partial charge on any atom is -0.493 e. The molecule has 1 aromatic carbocycles. The Balaban J connectivity index is 2.06. The van der Waals surface area contributed by atoms with Crippen molar-refractivity contribution in [2.75, 3.05) is 7.11 Å². The Kier molecular flexibility index (Phi) is 4.16. The van der Waals surface area contributed by atoms with Gasteiger partial charge in [-0.3, -0.25) is 4.98 Å². The maximum atomic E-state index is 12.7. The predicted octanol–water partition coefficient (Wildman–Crippen LogP) is 4.23. The van der Waals surface area contributed by atoms with Gasteiger partial charge in [-0.05, 0) is 24.3 Å². The van der Waals surface area contributed by atoms with Crippen molar-refractivity contribution in [1.82, 2.24) is 15.0 Å². The van der Waals surface area contributed by atoms with Crippen LogP contribution in [0.2, 0.25) is 0 Å². The van der Waals surface area contributed by atoms with Crippen LogP contribution in [-0.2, 0) is 6.18 Å². The second kappa shape index (κ2) is 6.27. The smallest absolute Gasteiger partial charge is 0.416 e. The average molecular weight is 331 g/mol. The third-order valence-corrected chi connectivity index (χ3v) is 3.40. The molecule has 0 bridgehead atoms. The summed E-state index contributed by atoms with van der Waals surface area (Å²) < 4.78 is 43.3. The molecule has 3 rings (SSSR count). The van der Waals surface area contributed by atoms with Gasteiger partial charge >= 0.3 is 6.18 Å². The van der Waals surface area contributed by atoms with Gasteiger partial charge in [0.1, 0.15) is 5.69 Å². The summed E-state index contributed by atoms with van der Waals surface area (Å²) in [6.07, 6.45) is 0.341. The summed E-state index contributed by atoms with van der Waals surface area (Å²) in [6.45, 7) is 0. The molecule has 2 aromatic heterocycles. The number of alkyl halides is 3. The van der Waals surface area contributed by atoms with E-state index >= 15 is 0 Å². The lowest BCUT2D eigenvalue weighted by Crippen LogP contribution is -2.04. The van der Waals surface area contributed by atoms with Crippen molar-refractivity contribution < 1.29 is 17.9 Å². The number of rotatable bonds is 3. The standard InChI is InChI=1S/C17H12F3N3O/c1-24-14-10-22-16(12-6-8-21-9-7-12)23-15(14)11-2-4-13(5-3-11)17(18,19)20/h2-10H,1H3. The Bertz CT molecular complexity index is 834. The number of hydrogen-bond acceptors (Lipinski definition) is 4. The Hall–Kier alpha value is -2.96. The van der Waals surface area contributed by atoms with E-state index in [2.05, 4.69) is 15.0 Å². The maximum absolute atomic E-state index is 12.7. The number of nitrogens with zero attached hydrogens (tertiary/aromatic N) is 3. The highest BCUT2D eigenvalue weighted by molar-refractivity contribution is 5.69. The molecular formula is C17H12F3N3O. The lowest BCUT2D eigenvalue weighted by atomic mass is 10.1. The number of pyridine rings is 1. The fourth-order valence-electron chi connectivity index (χ4n) is 2.18. The molecule has 0 saturated heterocycles. The summed E-state index contributed by atoms with van der Waals surface area (Å²) in [7, 11) is 1.46. The molecule has 0 saturated carbocycles. The van der Waals surface area contributed by atoms with Gasteiger partial charge in [0.25, 0.3) is 0 Å². The van der Waals surface area contributed by atoms with Crippen molar-refractivity contribution in [3.8, 4) is 28.4 Å². The van der Waals surface area contributed by atoms with Crippen LogP contribution in [0.25, 0.3) is 22.6 Å². The molecule has 24 heavy (non-hydrogen) atoms. The maximum Gasteiger partial charge on any atom is 0.416 e. The van der Waals surface area contributed by atoms with E-state index in [0.717, 1.165) is 17.7 Å². The topological polar surface area (TPSA) is 47.9 Å². The average Bonchev–Trinajstić information content (AvgIpc) is 2.61. The van der Waals surface area contributed by atoms with Crippen molar-refractivity contribution in [2.24, 2.45) is 0 Å². The lowest BCUT2D eigenvalue weighted by molar-refractivity contribution is -0.137. The fraction of sp³-hybridized carbons (Fsp3) is 0.118. The van der Waals surface area contributed by atoms with Gasteiger partial charge in [0.15, 0.2) is 11.6 Å². The third-order valence-electron chi connectivity index (χ3n) is 3.40. The van der Waals surface area contributed by atoms with E-state index in [1.54, 1.807) is 24.5 Å². The van der Waals surface area contributed by atoms with Gasteiger partial charge in [0.05, 0.1) is 18.9 Å². The van der Waals surface area contributed by atoms with Crippen LogP contribution in [0.1, 0.15) is 5.56 Å². The van der Waals surface area contributed by atoms with E-state index in [-0.39, 0.29) is 0 Å². The van der Waals surface area contributed by atoms with Crippen LogP contribution >= 0.6 is 0 Å². The van der Waals surface area contributed by atoms with Crippen LogP contribution in [-0.4, -0.2) is 22.1 Å². The van der Waals surface area contributed by atoms with E-state index < -0.39 is 11.7 Å². The Labute approximate surface area is 136 Å². The lowest BCUT2D eigenvalue weighted by Gasteiger charge is -2.11. The molecule has 3 aromatic rings. The zero-order chi connectivity index (χ0) is 17.2. The minimum absolute atomic E-state index is 0.382. The Morgan fingerprint density at radius 2 is 1.58 bits per heavy atom. The quantitative estimate of drug-likeness (QED) is 0.720. The molecule has 0 aliphatic carbocycles. The number of ether oxygens (including phenoxy) is 1. The van der Waals surface area contributed by atoms with E-state index in [4.69, 9.17) is 4.74 Å². The van der Waals surface area contributed by atoms with Crippen molar-refractivity contribution in [2.45, 2.75) is 6.18 Å². The Morgan fingerprint density at radius 1 is 0.917 bits per heavy atom. The Morgan fingerprint density at radius 3 is 2.17 bits per heavy atom. The number of benzene rings is 1. The molecule has 0 spiro atoms. The van der Waals surface area contributed by atoms with Gasteiger partial charge < -0.3 is 4.74 Å². The molecule has 122 valence electrons. The van der Waals surface area contributed by atoms with Gasteiger partial charge in [-0.1, -0.05) is 12.1 Å². The number of hydrogen-bond donors (Lipinski definition) is 0. The molecule has 2 heterocycles. The second-order valence-electron chi connectivity index (χ2n) is 4.92. The highest BCUT2D eigenvalue weighted by atomic mass is 19.4. The van der Waals surface area contributed by atoms with Gasteiger partial charge in [0.2, 0.25) is 0 Å². The molecule has 7 heteroatoms. The van der Waals surface area contributed by atoms with E-state index in [9.17, 15) is 13.2 Å². The molecule has 0 aliphatic heterocycles. The van der Waals surface area contributed by atoms with Crippen LogP contribution in [0.4, 0.5) is 13.2 Å². The van der Waals surface area contributed by atoms with Gasteiger partial charge in [-0.2, -0.15) is 13.2 Å². The van der Waals surface area contributed by atoms with Crippen LogP contribution < -0.4 is 4.74 Å². The zero-order valence-electron chi connectivity index (χ0n) is 12.6. The zero-order valence-corrected chi connectivity index (χ0v) is 12.6. The summed E-state index contributed by atoms with van der Waals surface area (Å²) in [4.78, 5) is 12.6. The van der Waals surface area contributed by atoms with Crippen molar-refractivity contribution >= 4 is 0 Å². The fourth-order valence-corrected chi connectivity index (χ4v) is 2.18. The first-order valence-corrected chi connectivity index (χ1v) is 6.98. The molecular weight excluding hydrogens is 319 g/mol. The largest absolute Gasteiger partial charge is 0.493 e. The summed E-state index contributed by atoms with van der Waals surface area (Å²) in [6, 6.07) is 8.26. The van der Waals surface area contributed by atoms with Crippen molar-refractivity contribution in [3.63, 3.8) is 0 Å². The third kappa shape index (κ3) is 3.19. The first kappa shape index (κ1) is 15.9. The molecule has 0 N–H and O–H groups in total. The molecule has 0 atom stereocenters. The molecule has 0 aliphatic rings. The van der Waals surface area contributed by atoms with Gasteiger partial charge in [-0.15, -0.1) is 0 Å². The molecule has 0 amide bonds. The monoisotopic (exact) mass is 331 g/mol. The van der Waals surface area contributed by atoms with E-state index in [1.165, 1.54) is 25.4 Å². The highest BCUT2D eigenvalue weighted by Gasteiger charge is 2.30. The SMILES string of the molecule is COc1cnc(-c2ccncc2)nc1-c1ccc(C(F)(F)F)cc1. The summed E-state index contributed by atoms with van der Waals surface area (Å²) >= 11 is 0. The molecule has 0 fully saturated rings. The normalized spacial score (nSPS) is 11.3. The van der Waals surface area contributed by atoms with Crippen LogP contribution in [0.15, 0.2) is 55.0 Å². The predicted molar refractivity (Wildman–Crippen MR) is 82.3 cm³/mol. The number of aromatic nitrogens is 3. The van der Waals surface area contributed by atoms with Crippen LogP contribution in [0, 0.1) is 0 Å². The van der Waals surface area contributed by atoms with Gasteiger partial charge in [0, 0.05) is 23.5 Å².